The normalized spacial score (nSPS) is 27.2. The molecule has 2 fully saturated rings. The average molecular weight is 272 g/mol. The van der Waals surface area contributed by atoms with Gasteiger partial charge in [-0.05, 0) is 88.3 Å². The van der Waals surface area contributed by atoms with Crippen molar-refractivity contribution >= 4 is 0 Å². The van der Waals surface area contributed by atoms with Crippen LogP contribution in [0.2, 0.25) is 0 Å². The van der Waals surface area contributed by atoms with Crippen molar-refractivity contribution < 1.29 is 0 Å². The van der Waals surface area contributed by atoms with Crippen molar-refractivity contribution in [3.63, 3.8) is 0 Å². The number of hydrogen-bond donors (Lipinski definition) is 1. The van der Waals surface area contributed by atoms with Crippen LogP contribution in [0.3, 0.4) is 0 Å². The van der Waals surface area contributed by atoms with E-state index in [0.29, 0.717) is 6.04 Å². The smallest absolute Gasteiger partial charge is 0.0394 e. The molecule has 0 aromatic heterocycles. The van der Waals surface area contributed by atoms with Crippen LogP contribution < -0.4 is 5.32 Å². The first-order valence-electron chi connectivity index (χ1n) is 8.10. The zero-order valence-electron chi connectivity index (χ0n) is 13.4. The van der Waals surface area contributed by atoms with Crippen molar-refractivity contribution in [2.75, 3.05) is 20.1 Å². The van der Waals surface area contributed by atoms with Gasteiger partial charge < -0.3 is 5.32 Å². The fraction of sp³-hybridized carbons (Fsp3) is 0.667. The lowest BCUT2D eigenvalue weighted by molar-refractivity contribution is 0.216. The Labute approximate surface area is 123 Å². The summed E-state index contributed by atoms with van der Waals surface area (Å²) in [6, 6.07) is 6.33. The van der Waals surface area contributed by atoms with Crippen LogP contribution in [0.4, 0.5) is 0 Å². The fourth-order valence-electron chi connectivity index (χ4n) is 3.91. The van der Waals surface area contributed by atoms with E-state index < -0.39 is 0 Å². The second-order valence-electron chi connectivity index (χ2n) is 6.81. The Morgan fingerprint density at radius 1 is 1.05 bits per heavy atom. The van der Waals surface area contributed by atoms with E-state index in [0.717, 1.165) is 18.5 Å². The first-order chi connectivity index (χ1) is 9.61. The van der Waals surface area contributed by atoms with Gasteiger partial charge in [0.15, 0.2) is 0 Å². The summed E-state index contributed by atoms with van der Waals surface area (Å²) in [5.74, 6) is 0.765. The zero-order chi connectivity index (χ0) is 14.3. The Bertz CT molecular complexity index is 490. The number of hydrogen-bond acceptors (Lipinski definition) is 2. The maximum atomic E-state index is 3.41. The minimum absolute atomic E-state index is 0.634. The van der Waals surface area contributed by atoms with E-state index in [9.17, 15) is 0 Å². The van der Waals surface area contributed by atoms with Crippen LogP contribution >= 0.6 is 0 Å². The summed E-state index contributed by atoms with van der Waals surface area (Å²) in [4.78, 5) is 2.79. The molecule has 0 amide bonds. The van der Waals surface area contributed by atoms with Gasteiger partial charge in [0.2, 0.25) is 0 Å². The highest BCUT2D eigenvalue weighted by Crippen LogP contribution is 2.45. The summed E-state index contributed by atoms with van der Waals surface area (Å²) in [5.41, 5.74) is 5.92. The first kappa shape index (κ1) is 14.1. The topological polar surface area (TPSA) is 15.3 Å². The highest BCUT2D eigenvalue weighted by atomic mass is 15.2. The Morgan fingerprint density at radius 2 is 1.75 bits per heavy atom. The first-order valence-corrected chi connectivity index (χ1v) is 8.10. The van der Waals surface area contributed by atoms with Crippen LogP contribution in [0.15, 0.2) is 12.1 Å². The molecule has 0 bridgehead atoms. The average Bonchev–Trinajstić information content (AvgIpc) is 3.17. The number of rotatable bonds is 4. The molecule has 110 valence electrons. The van der Waals surface area contributed by atoms with Gasteiger partial charge in [-0.3, -0.25) is 4.90 Å². The second-order valence-corrected chi connectivity index (χ2v) is 6.81. The Balaban J connectivity index is 1.96. The summed E-state index contributed by atoms with van der Waals surface area (Å²) < 4.78 is 0. The van der Waals surface area contributed by atoms with Gasteiger partial charge in [-0.15, -0.1) is 0 Å². The standard InChI is InChI=1S/C18H28N2/c1-12-9-14(3)17(10-13(12)2)18-15(11-19-4)7-8-20(18)16-5-6-16/h9-10,15-16,18-19H,5-8,11H2,1-4H3. The zero-order valence-corrected chi connectivity index (χ0v) is 13.4. The third kappa shape index (κ3) is 2.51. The molecule has 1 heterocycles. The Hall–Kier alpha value is -0.860. The molecular formula is C18H28N2. The highest BCUT2D eigenvalue weighted by Gasteiger charge is 2.42. The van der Waals surface area contributed by atoms with Gasteiger partial charge in [0, 0.05) is 12.1 Å². The van der Waals surface area contributed by atoms with E-state index in [2.05, 4.69) is 50.2 Å². The van der Waals surface area contributed by atoms with Crippen molar-refractivity contribution in [2.45, 2.75) is 52.1 Å². The van der Waals surface area contributed by atoms with Gasteiger partial charge >= 0.3 is 0 Å². The van der Waals surface area contributed by atoms with Gasteiger partial charge in [-0.2, -0.15) is 0 Å². The molecule has 0 radical (unpaired) electrons. The van der Waals surface area contributed by atoms with Gasteiger partial charge in [0.05, 0.1) is 0 Å². The molecule has 1 aliphatic carbocycles. The molecule has 2 heteroatoms. The predicted octanol–water partition coefficient (Wildman–Crippen LogP) is 3.36. The van der Waals surface area contributed by atoms with E-state index in [4.69, 9.17) is 0 Å². The molecule has 2 unspecified atom stereocenters. The molecule has 3 rings (SSSR count). The van der Waals surface area contributed by atoms with Crippen molar-refractivity contribution in [2.24, 2.45) is 5.92 Å². The lowest BCUT2D eigenvalue weighted by Gasteiger charge is -2.30. The van der Waals surface area contributed by atoms with Crippen LogP contribution in [0.25, 0.3) is 0 Å². The molecule has 1 aliphatic heterocycles. The van der Waals surface area contributed by atoms with Crippen molar-refractivity contribution in [3.05, 3.63) is 34.4 Å². The highest BCUT2D eigenvalue weighted by molar-refractivity contribution is 5.39. The minimum atomic E-state index is 0.634. The summed E-state index contributed by atoms with van der Waals surface area (Å²) >= 11 is 0. The maximum Gasteiger partial charge on any atom is 0.0394 e. The van der Waals surface area contributed by atoms with Crippen LogP contribution in [0.5, 0.6) is 0 Å². The summed E-state index contributed by atoms with van der Waals surface area (Å²) in [7, 11) is 2.09. The lowest BCUT2D eigenvalue weighted by Crippen LogP contribution is -2.31. The molecule has 20 heavy (non-hydrogen) atoms. The third-order valence-corrected chi connectivity index (χ3v) is 5.25. The molecule has 1 saturated carbocycles. The third-order valence-electron chi connectivity index (χ3n) is 5.25. The van der Waals surface area contributed by atoms with Crippen LogP contribution in [0, 0.1) is 26.7 Å². The number of likely N-dealkylation sites (tertiary alicyclic amines) is 1. The maximum absolute atomic E-state index is 3.41. The molecule has 0 spiro atoms. The Morgan fingerprint density at radius 3 is 2.40 bits per heavy atom. The van der Waals surface area contributed by atoms with Gasteiger partial charge in [-0.25, -0.2) is 0 Å². The molecular weight excluding hydrogens is 244 g/mol. The fourth-order valence-corrected chi connectivity index (χ4v) is 3.91. The van der Waals surface area contributed by atoms with Crippen molar-refractivity contribution in [1.82, 2.24) is 10.2 Å². The summed E-state index contributed by atoms with van der Waals surface area (Å²) in [5, 5.41) is 3.41. The van der Waals surface area contributed by atoms with Crippen LogP contribution in [-0.4, -0.2) is 31.1 Å². The molecule has 1 saturated heterocycles. The summed E-state index contributed by atoms with van der Waals surface area (Å²) in [6.45, 7) is 9.20. The second kappa shape index (κ2) is 5.50. The molecule has 2 atom stereocenters. The summed E-state index contributed by atoms with van der Waals surface area (Å²) in [6.07, 6.45) is 4.16. The van der Waals surface area contributed by atoms with Crippen LogP contribution in [-0.2, 0) is 0 Å². The quantitative estimate of drug-likeness (QED) is 0.904. The lowest BCUT2D eigenvalue weighted by atomic mass is 9.88. The van der Waals surface area contributed by atoms with Gasteiger partial charge in [-0.1, -0.05) is 12.1 Å². The monoisotopic (exact) mass is 272 g/mol. The number of benzene rings is 1. The van der Waals surface area contributed by atoms with Gasteiger partial charge in [0.1, 0.15) is 0 Å². The van der Waals surface area contributed by atoms with E-state index >= 15 is 0 Å². The molecule has 1 aromatic carbocycles. The Kier molecular flexibility index (Phi) is 3.87. The van der Waals surface area contributed by atoms with Gasteiger partial charge in [0.25, 0.3) is 0 Å². The molecule has 2 nitrogen and oxygen atoms in total. The molecule has 1 N–H and O–H groups in total. The SMILES string of the molecule is CNCC1CCN(C2CC2)C1c1cc(C)c(C)cc1C. The van der Waals surface area contributed by atoms with E-state index in [1.165, 1.54) is 42.5 Å². The molecule has 1 aromatic rings. The van der Waals surface area contributed by atoms with E-state index in [1.807, 2.05) is 0 Å². The van der Waals surface area contributed by atoms with Crippen molar-refractivity contribution in [3.8, 4) is 0 Å². The number of nitrogens with zero attached hydrogens (tertiary/aromatic N) is 1. The number of nitrogens with one attached hydrogen (secondary N) is 1. The van der Waals surface area contributed by atoms with Crippen LogP contribution in [0.1, 0.15) is 47.6 Å². The molecule has 2 aliphatic rings. The van der Waals surface area contributed by atoms with E-state index in [-0.39, 0.29) is 0 Å². The minimum Gasteiger partial charge on any atom is -0.319 e. The van der Waals surface area contributed by atoms with E-state index in [1.54, 1.807) is 5.56 Å². The predicted molar refractivity (Wildman–Crippen MR) is 85.2 cm³/mol. The largest absolute Gasteiger partial charge is 0.319 e. The van der Waals surface area contributed by atoms with Crippen molar-refractivity contribution in [1.29, 1.82) is 0 Å². The number of aryl methyl sites for hydroxylation is 3.